The van der Waals surface area contributed by atoms with Gasteiger partial charge < -0.3 is 10.3 Å². The minimum absolute atomic E-state index is 0.000290. The van der Waals surface area contributed by atoms with E-state index in [-0.39, 0.29) is 22.5 Å². The number of benzene rings is 1. The molecule has 0 spiro atoms. The highest BCUT2D eigenvalue weighted by Gasteiger charge is 2.26. The summed E-state index contributed by atoms with van der Waals surface area (Å²) in [6.07, 6.45) is 5.15. The molecule has 2 aromatic rings. The Labute approximate surface area is 155 Å². The lowest BCUT2D eigenvalue weighted by atomic mass is 9.98. The number of pyridine rings is 1. The zero-order valence-electron chi connectivity index (χ0n) is 14.0. The average Bonchev–Trinajstić information content (AvgIpc) is 3.37. The number of amides is 1. The topological polar surface area (TPSA) is 62.0 Å². The number of nitrogens with one attached hydrogen (secondary N) is 2. The molecule has 4 rings (SSSR count). The number of aromatic amines is 1. The summed E-state index contributed by atoms with van der Waals surface area (Å²) in [5, 5.41) is 2.90. The van der Waals surface area contributed by atoms with Gasteiger partial charge in [-0.2, -0.15) is 0 Å². The first-order valence-electron chi connectivity index (χ1n) is 8.71. The molecule has 0 unspecified atom stereocenters. The standard InChI is InChI=1S/C20H18ClFN2O2/c21-16-9-12(3-6-17(16)22)15(10-13-4-8-19(25)23-13)18-7-5-14(11-1-2-11)20(26)24-18/h3,5-7,9-11,13H,1-2,4,8H2,(H,23,25)(H,24,26)/b15-10+/t13-/m1/s1. The number of rotatable bonds is 4. The minimum Gasteiger partial charge on any atom is -0.350 e. The van der Waals surface area contributed by atoms with Gasteiger partial charge in [-0.15, -0.1) is 0 Å². The first-order valence-corrected chi connectivity index (χ1v) is 9.09. The van der Waals surface area contributed by atoms with Crippen molar-refractivity contribution in [1.82, 2.24) is 10.3 Å². The minimum atomic E-state index is -0.499. The fraction of sp³-hybridized carbons (Fsp3) is 0.300. The molecule has 1 atom stereocenters. The van der Waals surface area contributed by atoms with Crippen molar-refractivity contribution in [3.05, 3.63) is 74.4 Å². The first kappa shape index (κ1) is 17.0. The monoisotopic (exact) mass is 372 g/mol. The maximum atomic E-state index is 13.6. The summed E-state index contributed by atoms with van der Waals surface area (Å²) in [6.45, 7) is 0. The van der Waals surface area contributed by atoms with Gasteiger partial charge >= 0.3 is 0 Å². The fourth-order valence-corrected chi connectivity index (χ4v) is 3.51. The second-order valence-corrected chi connectivity index (χ2v) is 7.26. The maximum absolute atomic E-state index is 13.6. The number of aromatic nitrogens is 1. The average molecular weight is 373 g/mol. The molecule has 2 aliphatic rings. The molecule has 0 radical (unpaired) electrons. The molecule has 6 heteroatoms. The van der Waals surface area contributed by atoms with Gasteiger partial charge in [0, 0.05) is 29.3 Å². The fourth-order valence-electron chi connectivity index (χ4n) is 3.33. The van der Waals surface area contributed by atoms with Crippen molar-refractivity contribution in [3.63, 3.8) is 0 Å². The number of H-pyrrole nitrogens is 1. The van der Waals surface area contributed by atoms with Crippen LogP contribution in [0.1, 0.15) is 48.4 Å². The largest absolute Gasteiger partial charge is 0.350 e. The van der Waals surface area contributed by atoms with Gasteiger partial charge in [0.25, 0.3) is 5.56 Å². The van der Waals surface area contributed by atoms with E-state index in [1.54, 1.807) is 6.07 Å². The van der Waals surface area contributed by atoms with E-state index in [0.29, 0.717) is 30.0 Å². The van der Waals surface area contributed by atoms with Crippen LogP contribution in [0.5, 0.6) is 0 Å². The lowest BCUT2D eigenvalue weighted by Gasteiger charge is -2.13. The molecule has 1 aliphatic heterocycles. The number of carbonyl (C=O) groups excluding carboxylic acids is 1. The Balaban J connectivity index is 1.78. The summed E-state index contributed by atoms with van der Waals surface area (Å²) >= 11 is 5.95. The molecule has 26 heavy (non-hydrogen) atoms. The summed E-state index contributed by atoms with van der Waals surface area (Å²) in [5.41, 5.74) is 2.74. The van der Waals surface area contributed by atoms with Crippen LogP contribution in [0.3, 0.4) is 0 Å². The van der Waals surface area contributed by atoms with Crippen molar-refractivity contribution in [2.24, 2.45) is 0 Å². The number of halogens is 2. The number of hydrogen-bond donors (Lipinski definition) is 2. The highest BCUT2D eigenvalue weighted by atomic mass is 35.5. The van der Waals surface area contributed by atoms with Gasteiger partial charge in [0.2, 0.25) is 5.91 Å². The Bertz CT molecular complexity index is 963. The summed E-state index contributed by atoms with van der Waals surface area (Å²) in [7, 11) is 0. The highest BCUT2D eigenvalue weighted by Crippen LogP contribution is 2.38. The predicted octanol–water partition coefficient (Wildman–Crippen LogP) is 3.76. The summed E-state index contributed by atoms with van der Waals surface area (Å²) in [4.78, 5) is 26.9. The lowest BCUT2D eigenvalue weighted by molar-refractivity contribution is -0.119. The van der Waals surface area contributed by atoms with Crippen LogP contribution in [-0.2, 0) is 4.79 Å². The zero-order valence-corrected chi connectivity index (χ0v) is 14.8. The molecule has 1 amide bonds. The summed E-state index contributed by atoms with van der Waals surface area (Å²) in [6, 6.07) is 8.05. The normalized spacial score (nSPS) is 20.3. The second-order valence-electron chi connectivity index (χ2n) is 6.85. The first-order chi connectivity index (χ1) is 12.5. The molecule has 1 saturated heterocycles. The van der Waals surface area contributed by atoms with Gasteiger partial charge in [-0.05, 0) is 48.9 Å². The van der Waals surface area contributed by atoms with Crippen LogP contribution in [-0.4, -0.2) is 16.9 Å². The molecular weight excluding hydrogens is 355 g/mol. The molecule has 2 heterocycles. The van der Waals surface area contributed by atoms with E-state index in [4.69, 9.17) is 11.6 Å². The Hall–Kier alpha value is -2.40. The van der Waals surface area contributed by atoms with Gasteiger partial charge in [0.05, 0.1) is 5.02 Å². The summed E-state index contributed by atoms with van der Waals surface area (Å²) < 4.78 is 13.6. The Kier molecular flexibility index (Phi) is 4.41. The molecule has 2 fully saturated rings. The second kappa shape index (κ2) is 6.72. The Morgan fingerprint density at radius 1 is 1.15 bits per heavy atom. The quantitative estimate of drug-likeness (QED) is 0.858. The van der Waals surface area contributed by atoms with E-state index in [1.807, 2.05) is 18.2 Å². The van der Waals surface area contributed by atoms with Crippen molar-refractivity contribution in [3.8, 4) is 0 Å². The third-order valence-electron chi connectivity index (χ3n) is 4.87. The molecular formula is C20H18ClFN2O2. The van der Waals surface area contributed by atoms with E-state index >= 15 is 0 Å². The van der Waals surface area contributed by atoms with Crippen molar-refractivity contribution >= 4 is 23.1 Å². The predicted molar refractivity (Wildman–Crippen MR) is 98.7 cm³/mol. The van der Waals surface area contributed by atoms with Crippen molar-refractivity contribution in [1.29, 1.82) is 0 Å². The van der Waals surface area contributed by atoms with Crippen molar-refractivity contribution < 1.29 is 9.18 Å². The SMILES string of the molecule is O=C1CC[C@H](/C=C(\c2ccc(F)c(Cl)c2)c2ccc(C3CC3)c(=O)[nH]2)N1. The molecule has 1 saturated carbocycles. The molecule has 134 valence electrons. The number of carbonyl (C=O) groups is 1. The van der Waals surface area contributed by atoms with Gasteiger partial charge in [-0.3, -0.25) is 9.59 Å². The van der Waals surface area contributed by atoms with E-state index in [9.17, 15) is 14.0 Å². The molecule has 0 bridgehead atoms. The van der Waals surface area contributed by atoms with Crippen LogP contribution in [0.4, 0.5) is 4.39 Å². The summed E-state index contributed by atoms with van der Waals surface area (Å²) in [5.74, 6) is -0.142. The Morgan fingerprint density at radius 3 is 2.58 bits per heavy atom. The molecule has 2 N–H and O–H groups in total. The van der Waals surface area contributed by atoms with Gasteiger partial charge in [-0.25, -0.2) is 4.39 Å². The van der Waals surface area contributed by atoms with Crippen LogP contribution in [0, 0.1) is 5.82 Å². The van der Waals surface area contributed by atoms with Crippen molar-refractivity contribution in [2.75, 3.05) is 0 Å². The molecule has 1 aliphatic carbocycles. The van der Waals surface area contributed by atoms with Gasteiger partial charge in [0.1, 0.15) is 5.82 Å². The molecule has 4 nitrogen and oxygen atoms in total. The van der Waals surface area contributed by atoms with Crippen LogP contribution in [0.2, 0.25) is 5.02 Å². The lowest BCUT2D eigenvalue weighted by Crippen LogP contribution is -2.23. The van der Waals surface area contributed by atoms with Crippen molar-refractivity contribution in [2.45, 2.75) is 37.6 Å². The van der Waals surface area contributed by atoms with Gasteiger partial charge in [0.15, 0.2) is 0 Å². The molecule has 1 aromatic heterocycles. The third-order valence-corrected chi connectivity index (χ3v) is 5.16. The zero-order chi connectivity index (χ0) is 18.3. The van der Waals surface area contributed by atoms with E-state index in [0.717, 1.165) is 24.0 Å². The smallest absolute Gasteiger partial charge is 0.251 e. The molecule has 1 aromatic carbocycles. The van der Waals surface area contributed by atoms with Crippen LogP contribution < -0.4 is 10.9 Å². The van der Waals surface area contributed by atoms with Gasteiger partial charge in [-0.1, -0.05) is 29.8 Å². The number of hydrogen-bond acceptors (Lipinski definition) is 2. The highest BCUT2D eigenvalue weighted by molar-refractivity contribution is 6.30. The van der Waals surface area contributed by atoms with E-state index in [2.05, 4.69) is 10.3 Å². The Morgan fingerprint density at radius 2 is 1.96 bits per heavy atom. The third kappa shape index (κ3) is 3.44. The van der Waals surface area contributed by atoms with Crippen LogP contribution in [0.15, 0.2) is 41.2 Å². The van der Waals surface area contributed by atoms with Crippen LogP contribution >= 0.6 is 11.6 Å². The van der Waals surface area contributed by atoms with Crippen LogP contribution in [0.25, 0.3) is 5.57 Å². The van der Waals surface area contributed by atoms with E-state index in [1.165, 1.54) is 12.1 Å². The van der Waals surface area contributed by atoms with E-state index < -0.39 is 5.82 Å². The maximum Gasteiger partial charge on any atom is 0.251 e.